The Morgan fingerprint density at radius 2 is 1.36 bits per heavy atom. The molecule has 0 atom stereocenters. The van der Waals surface area contributed by atoms with Crippen molar-refractivity contribution in [3.63, 3.8) is 0 Å². The molecule has 0 aliphatic carbocycles. The molecule has 0 radical (unpaired) electrons. The van der Waals surface area contributed by atoms with Gasteiger partial charge in [-0.05, 0) is 24.3 Å². The average Bonchev–Trinajstić information content (AvgIpc) is 2.75. The van der Waals surface area contributed by atoms with E-state index in [0.717, 1.165) is 6.29 Å². The van der Waals surface area contributed by atoms with E-state index in [1.807, 2.05) is 0 Å². The Labute approximate surface area is 163 Å². The van der Waals surface area contributed by atoms with Crippen LogP contribution in [0.1, 0.15) is 20.7 Å². The van der Waals surface area contributed by atoms with Crippen LogP contribution in [0.4, 0.5) is 0 Å². The van der Waals surface area contributed by atoms with Gasteiger partial charge in [-0.1, -0.05) is 30.3 Å². The third kappa shape index (κ3) is 7.69. The van der Waals surface area contributed by atoms with Gasteiger partial charge in [-0.25, -0.2) is 4.79 Å². The molecule has 0 fully saturated rings. The van der Waals surface area contributed by atoms with Crippen LogP contribution in [0, 0.1) is 0 Å². The number of benzene rings is 2. The molecule has 0 amide bonds. The topological polar surface area (TPSA) is 88.1 Å². The quantitative estimate of drug-likeness (QED) is 0.172. The molecule has 0 aliphatic rings. The fraction of sp³-hybridized carbons (Fsp3) is 0.286. The van der Waals surface area contributed by atoms with E-state index >= 15 is 0 Å². The summed E-state index contributed by atoms with van der Waals surface area (Å²) in [5.41, 5.74) is 0.888. The maximum Gasteiger partial charge on any atom is 0.379 e. The number of ether oxygens (including phenoxy) is 4. The van der Waals surface area contributed by atoms with Crippen LogP contribution in [0.2, 0.25) is 0 Å². The largest absolute Gasteiger partial charge is 0.491 e. The van der Waals surface area contributed by atoms with Gasteiger partial charge in [0.2, 0.25) is 0 Å². The van der Waals surface area contributed by atoms with Crippen molar-refractivity contribution in [2.24, 2.45) is 0 Å². The Morgan fingerprint density at radius 1 is 0.750 bits per heavy atom. The van der Waals surface area contributed by atoms with Crippen molar-refractivity contribution in [2.45, 2.75) is 0 Å². The summed E-state index contributed by atoms with van der Waals surface area (Å²) in [5.74, 6) is -0.911. The van der Waals surface area contributed by atoms with Gasteiger partial charge in [0.05, 0.1) is 26.4 Å². The van der Waals surface area contributed by atoms with Crippen molar-refractivity contribution in [2.75, 3.05) is 39.6 Å². The van der Waals surface area contributed by atoms with Gasteiger partial charge >= 0.3 is 5.97 Å². The molecule has 2 aromatic rings. The third-order valence-electron chi connectivity index (χ3n) is 3.57. The standard InChI is InChI=1S/C21H22O7/c22-16-17-6-8-19(9-7-17)27-14-12-25-10-11-26-13-15-28-21(24)20(23)18-4-2-1-3-5-18/h1-9,16H,10-15H2. The van der Waals surface area contributed by atoms with E-state index in [0.29, 0.717) is 43.3 Å². The minimum atomic E-state index is -0.899. The zero-order chi connectivity index (χ0) is 20.0. The minimum absolute atomic E-state index is 0.00268. The van der Waals surface area contributed by atoms with Crippen LogP contribution >= 0.6 is 0 Å². The SMILES string of the molecule is O=Cc1ccc(OCCOCCOCCOC(=O)C(=O)c2ccccc2)cc1. The summed E-state index contributed by atoms with van der Waals surface area (Å²) in [5, 5.41) is 0. The van der Waals surface area contributed by atoms with Gasteiger partial charge in [0, 0.05) is 11.1 Å². The van der Waals surface area contributed by atoms with E-state index in [4.69, 9.17) is 18.9 Å². The van der Waals surface area contributed by atoms with Crippen LogP contribution < -0.4 is 4.74 Å². The van der Waals surface area contributed by atoms with Crippen molar-refractivity contribution in [1.82, 2.24) is 0 Å². The summed E-state index contributed by atoms with van der Waals surface area (Å²) in [6.45, 7) is 1.63. The van der Waals surface area contributed by atoms with Crippen LogP contribution in [-0.2, 0) is 19.0 Å². The molecule has 7 heteroatoms. The van der Waals surface area contributed by atoms with Crippen molar-refractivity contribution in [3.8, 4) is 5.75 Å². The first kappa shape index (κ1) is 21.3. The lowest BCUT2D eigenvalue weighted by molar-refractivity contribution is -0.139. The second-order valence-electron chi connectivity index (χ2n) is 5.59. The zero-order valence-corrected chi connectivity index (χ0v) is 15.4. The van der Waals surface area contributed by atoms with Gasteiger partial charge in [-0.3, -0.25) is 9.59 Å². The van der Waals surface area contributed by atoms with Gasteiger partial charge in [0.15, 0.2) is 0 Å². The molecule has 0 aliphatic heterocycles. The lowest BCUT2D eigenvalue weighted by atomic mass is 10.1. The number of aldehydes is 1. The van der Waals surface area contributed by atoms with E-state index in [2.05, 4.69) is 0 Å². The highest BCUT2D eigenvalue weighted by Gasteiger charge is 2.16. The van der Waals surface area contributed by atoms with Crippen LogP contribution in [-0.4, -0.2) is 57.7 Å². The van der Waals surface area contributed by atoms with E-state index < -0.39 is 11.8 Å². The molecule has 0 heterocycles. The number of hydrogen-bond acceptors (Lipinski definition) is 7. The highest BCUT2D eigenvalue weighted by molar-refractivity contribution is 6.40. The molecule has 2 rings (SSSR count). The van der Waals surface area contributed by atoms with Gasteiger partial charge in [0.25, 0.3) is 5.78 Å². The minimum Gasteiger partial charge on any atom is -0.491 e. The average molecular weight is 386 g/mol. The molecular formula is C21H22O7. The molecule has 7 nitrogen and oxygen atoms in total. The Kier molecular flexibility index (Phi) is 9.40. The number of rotatable bonds is 13. The first-order valence-electron chi connectivity index (χ1n) is 8.80. The molecule has 0 unspecified atom stereocenters. The number of hydrogen-bond donors (Lipinski definition) is 0. The Hall–Kier alpha value is -3.03. The van der Waals surface area contributed by atoms with E-state index in [1.165, 1.54) is 0 Å². The maximum atomic E-state index is 11.8. The lowest BCUT2D eigenvalue weighted by Gasteiger charge is -2.08. The van der Waals surface area contributed by atoms with Gasteiger partial charge in [-0.15, -0.1) is 0 Å². The second-order valence-corrected chi connectivity index (χ2v) is 5.59. The number of esters is 1. The number of ketones is 1. The zero-order valence-electron chi connectivity index (χ0n) is 15.4. The summed E-state index contributed by atoms with van der Waals surface area (Å²) < 4.78 is 21.0. The Morgan fingerprint density at radius 3 is 2.00 bits per heavy atom. The normalized spacial score (nSPS) is 10.3. The molecular weight excluding hydrogens is 364 g/mol. The van der Waals surface area contributed by atoms with Crippen LogP contribution in [0.25, 0.3) is 0 Å². The van der Waals surface area contributed by atoms with Crippen LogP contribution in [0.5, 0.6) is 5.75 Å². The molecule has 0 spiro atoms. The lowest BCUT2D eigenvalue weighted by Crippen LogP contribution is -2.20. The second kappa shape index (κ2) is 12.4. The molecule has 2 aromatic carbocycles. The fourth-order valence-corrected chi connectivity index (χ4v) is 2.15. The molecule has 0 aromatic heterocycles. The van der Waals surface area contributed by atoms with E-state index in [9.17, 15) is 14.4 Å². The molecule has 0 saturated carbocycles. The van der Waals surface area contributed by atoms with Crippen molar-refractivity contribution < 1.29 is 33.3 Å². The summed E-state index contributed by atoms with van der Waals surface area (Å²) in [6, 6.07) is 15.0. The maximum absolute atomic E-state index is 11.8. The molecule has 148 valence electrons. The van der Waals surface area contributed by atoms with Crippen molar-refractivity contribution in [3.05, 3.63) is 65.7 Å². The fourth-order valence-electron chi connectivity index (χ4n) is 2.15. The Balaban J connectivity index is 1.44. The summed E-state index contributed by atoms with van der Waals surface area (Å²) in [6.07, 6.45) is 0.773. The molecule has 0 bridgehead atoms. The highest BCUT2D eigenvalue weighted by atomic mass is 16.6. The van der Waals surface area contributed by atoms with Crippen LogP contribution in [0.3, 0.4) is 0 Å². The number of carbonyl (C=O) groups excluding carboxylic acids is 3. The van der Waals surface area contributed by atoms with Gasteiger partial charge in [-0.2, -0.15) is 0 Å². The summed E-state index contributed by atoms with van der Waals surface area (Å²) in [7, 11) is 0. The predicted molar refractivity (Wildman–Crippen MR) is 101 cm³/mol. The molecule has 28 heavy (non-hydrogen) atoms. The van der Waals surface area contributed by atoms with Gasteiger partial charge in [0.1, 0.15) is 25.2 Å². The number of carbonyl (C=O) groups is 3. The molecule has 0 N–H and O–H groups in total. The highest BCUT2D eigenvalue weighted by Crippen LogP contribution is 2.10. The first-order valence-corrected chi connectivity index (χ1v) is 8.80. The molecule has 0 saturated heterocycles. The smallest absolute Gasteiger partial charge is 0.379 e. The number of Topliss-reactive ketones (excluding diaryl/α,β-unsaturated/α-hetero) is 1. The summed E-state index contributed by atoms with van der Waals surface area (Å²) in [4.78, 5) is 34.0. The van der Waals surface area contributed by atoms with Crippen molar-refractivity contribution >= 4 is 18.0 Å². The Bertz CT molecular complexity index is 741. The first-order chi connectivity index (χ1) is 13.7. The summed E-state index contributed by atoms with van der Waals surface area (Å²) >= 11 is 0. The van der Waals surface area contributed by atoms with Crippen LogP contribution in [0.15, 0.2) is 54.6 Å². The van der Waals surface area contributed by atoms with E-state index in [1.54, 1.807) is 54.6 Å². The van der Waals surface area contributed by atoms with Gasteiger partial charge < -0.3 is 18.9 Å². The van der Waals surface area contributed by atoms with E-state index in [-0.39, 0.29) is 13.2 Å². The monoisotopic (exact) mass is 386 g/mol. The predicted octanol–water partition coefficient (Wildman–Crippen LogP) is 2.34. The van der Waals surface area contributed by atoms with Crippen molar-refractivity contribution in [1.29, 1.82) is 0 Å². The third-order valence-corrected chi connectivity index (χ3v) is 3.57.